The topological polar surface area (TPSA) is 68.3 Å². The van der Waals surface area contributed by atoms with Gasteiger partial charge < -0.3 is 20.1 Å². The van der Waals surface area contributed by atoms with Crippen molar-refractivity contribution < 1.29 is 18.3 Å². The van der Waals surface area contributed by atoms with Gasteiger partial charge in [-0.25, -0.2) is 13.8 Å². The first-order valence-corrected chi connectivity index (χ1v) is 8.59. The lowest BCUT2D eigenvalue weighted by molar-refractivity contribution is 0.354. The zero-order valence-corrected chi connectivity index (χ0v) is 15.5. The highest BCUT2D eigenvalue weighted by Gasteiger charge is 2.07. The number of anilines is 3. The lowest BCUT2D eigenvalue weighted by atomic mass is 10.1. The second kappa shape index (κ2) is 8.98. The zero-order valence-electron chi connectivity index (χ0n) is 15.5. The van der Waals surface area contributed by atoms with Gasteiger partial charge in [-0.1, -0.05) is 6.07 Å². The Bertz CT molecular complexity index is 953. The molecule has 8 heteroatoms. The van der Waals surface area contributed by atoms with Crippen LogP contribution >= 0.6 is 0 Å². The molecule has 3 aromatic rings. The summed E-state index contributed by atoms with van der Waals surface area (Å²) in [6.45, 7) is 0.587. The number of ether oxygens (including phenoxy) is 2. The smallest absolute Gasteiger partial charge is 0.224 e. The van der Waals surface area contributed by atoms with Gasteiger partial charge in [-0.15, -0.1) is 0 Å². The van der Waals surface area contributed by atoms with Crippen molar-refractivity contribution >= 4 is 17.5 Å². The molecule has 146 valence electrons. The monoisotopic (exact) mass is 386 g/mol. The summed E-state index contributed by atoms with van der Waals surface area (Å²) in [4.78, 5) is 8.43. The molecular weight excluding hydrogens is 366 g/mol. The molecule has 0 aliphatic carbocycles. The molecule has 2 aromatic carbocycles. The molecule has 0 spiro atoms. The zero-order chi connectivity index (χ0) is 19.9. The van der Waals surface area contributed by atoms with Crippen LogP contribution in [-0.2, 0) is 6.42 Å². The van der Waals surface area contributed by atoms with E-state index in [0.29, 0.717) is 36.2 Å². The Morgan fingerprint density at radius 3 is 2.54 bits per heavy atom. The molecule has 0 saturated carbocycles. The van der Waals surface area contributed by atoms with Crippen molar-refractivity contribution in [2.45, 2.75) is 6.42 Å². The third kappa shape index (κ3) is 4.85. The van der Waals surface area contributed by atoms with Gasteiger partial charge in [0.2, 0.25) is 5.95 Å². The quantitative estimate of drug-likeness (QED) is 0.606. The highest BCUT2D eigenvalue weighted by Crippen LogP contribution is 2.27. The molecule has 0 atom stereocenters. The molecule has 6 nitrogen and oxygen atoms in total. The number of methoxy groups -OCH3 is 2. The lowest BCUT2D eigenvalue weighted by Gasteiger charge is -2.11. The summed E-state index contributed by atoms with van der Waals surface area (Å²) in [6.07, 6.45) is 2.27. The van der Waals surface area contributed by atoms with Crippen LogP contribution in [0.4, 0.5) is 26.2 Å². The van der Waals surface area contributed by atoms with E-state index >= 15 is 0 Å². The van der Waals surface area contributed by atoms with Crippen LogP contribution in [0, 0.1) is 11.6 Å². The standard InChI is InChI=1S/C20H20F2N4O2/c1-27-17-6-3-13(11-18(17)28-2)7-9-23-20-24-10-8-19(26-20)25-16-5-4-14(21)12-15(16)22/h3-6,8,10-12H,7,9H2,1-2H3,(H2,23,24,25,26). The molecule has 28 heavy (non-hydrogen) atoms. The summed E-state index contributed by atoms with van der Waals surface area (Å²) in [5.74, 6) is 0.810. The number of rotatable bonds is 8. The fourth-order valence-corrected chi connectivity index (χ4v) is 2.60. The Labute approximate surface area is 161 Å². The van der Waals surface area contributed by atoms with Crippen LogP contribution in [-0.4, -0.2) is 30.7 Å². The van der Waals surface area contributed by atoms with Crippen molar-refractivity contribution in [3.63, 3.8) is 0 Å². The number of hydrogen-bond donors (Lipinski definition) is 2. The molecular formula is C20H20F2N4O2. The molecule has 0 fully saturated rings. The van der Waals surface area contributed by atoms with E-state index in [9.17, 15) is 8.78 Å². The van der Waals surface area contributed by atoms with Crippen LogP contribution in [0.25, 0.3) is 0 Å². The third-order valence-electron chi connectivity index (χ3n) is 3.99. The third-order valence-corrected chi connectivity index (χ3v) is 3.99. The van der Waals surface area contributed by atoms with Crippen LogP contribution in [0.5, 0.6) is 11.5 Å². The minimum Gasteiger partial charge on any atom is -0.493 e. The first-order valence-electron chi connectivity index (χ1n) is 8.59. The molecule has 0 aliphatic heterocycles. The average Bonchev–Trinajstić information content (AvgIpc) is 2.70. The van der Waals surface area contributed by atoms with Crippen molar-refractivity contribution in [3.8, 4) is 11.5 Å². The SMILES string of the molecule is COc1ccc(CCNc2nccc(Nc3ccc(F)cc3F)n2)cc1OC. The summed E-state index contributed by atoms with van der Waals surface area (Å²) >= 11 is 0. The highest BCUT2D eigenvalue weighted by atomic mass is 19.1. The molecule has 0 bridgehead atoms. The van der Waals surface area contributed by atoms with E-state index in [0.717, 1.165) is 11.6 Å². The van der Waals surface area contributed by atoms with Gasteiger partial charge in [0.05, 0.1) is 19.9 Å². The Morgan fingerprint density at radius 2 is 1.79 bits per heavy atom. The van der Waals surface area contributed by atoms with E-state index in [1.165, 1.54) is 12.1 Å². The molecule has 1 aromatic heterocycles. The van der Waals surface area contributed by atoms with Gasteiger partial charge in [-0.2, -0.15) is 4.98 Å². The number of nitrogens with zero attached hydrogens (tertiary/aromatic N) is 2. The molecule has 2 N–H and O–H groups in total. The predicted molar refractivity (Wildman–Crippen MR) is 103 cm³/mol. The number of hydrogen-bond acceptors (Lipinski definition) is 6. The number of aromatic nitrogens is 2. The van der Waals surface area contributed by atoms with Gasteiger partial charge in [-0.05, 0) is 42.3 Å². The predicted octanol–water partition coefficient (Wildman–Crippen LogP) is 4.17. The van der Waals surface area contributed by atoms with E-state index < -0.39 is 11.6 Å². The van der Waals surface area contributed by atoms with Crippen molar-refractivity contribution in [1.82, 2.24) is 9.97 Å². The van der Waals surface area contributed by atoms with Gasteiger partial charge in [0.25, 0.3) is 0 Å². The van der Waals surface area contributed by atoms with Crippen molar-refractivity contribution in [3.05, 3.63) is 65.9 Å². The van der Waals surface area contributed by atoms with E-state index in [2.05, 4.69) is 20.6 Å². The van der Waals surface area contributed by atoms with Crippen molar-refractivity contribution in [2.75, 3.05) is 31.4 Å². The first kappa shape index (κ1) is 19.3. The number of benzene rings is 2. The summed E-state index contributed by atoms with van der Waals surface area (Å²) in [7, 11) is 3.19. The van der Waals surface area contributed by atoms with Gasteiger partial charge in [0, 0.05) is 18.8 Å². The van der Waals surface area contributed by atoms with E-state index in [4.69, 9.17) is 9.47 Å². The molecule has 1 heterocycles. The fourth-order valence-electron chi connectivity index (χ4n) is 2.60. The summed E-state index contributed by atoms with van der Waals surface area (Å²) in [5.41, 5.74) is 1.20. The van der Waals surface area contributed by atoms with Crippen LogP contribution in [0.2, 0.25) is 0 Å². The van der Waals surface area contributed by atoms with Gasteiger partial charge in [0.15, 0.2) is 11.5 Å². The highest BCUT2D eigenvalue weighted by molar-refractivity contribution is 5.57. The average molecular weight is 386 g/mol. The second-order valence-corrected chi connectivity index (χ2v) is 5.88. The second-order valence-electron chi connectivity index (χ2n) is 5.88. The van der Waals surface area contributed by atoms with E-state index in [-0.39, 0.29) is 5.69 Å². The molecule has 0 amide bonds. The molecule has 3 rings (SSSR count). The maximum atomic E-state index is 13.8. The summed E-state index contributed by atoms with van der Waals surface area (Å²) in [6, 6.07) is 10.6. The molecule has 0 saturated heterocycles. The van der Waals surface area contributed by atoms with Crippen LogP contribution in [0.3, 0.4) is 0 Å². The minimum absolute atomic E-state index is 0.136. The molecule has 0 radical (unpaired) electrons. The lowest BCUT2D eigenvalue weighted by Crippen LogP contribution is -2.09. The van der Waals surface area contributed by atoms with Crippen molar-refractivity contribution in [1.29, 1.82) is 0 Å². The van der Waals surface area contributed by atoms with E-state index in [1.807, 2.05) is 18.2 Å². The summed E-state index contributed by atoms with van der Waals surface area (Å²) < 4.78 is 37.3. The van der Waals surface area contributed by atoms with E-state index in [1.54, 1.807) is 26.5 Å². The van der Waals surface area contributed by atoms with Crippen LogP contribution < -0.4 is 20.1 Å². The molecule has 0 aliphatic rings. The Morgan fingerprint density at radius 1 is 0.964 bits per heavy atom. The Balaban J connectivity index is 1.60. The minimum atomic E-state index is -0.693. The maximum Gasteiger partial charge on any atom is 0.224 e. The first-order chi connectivity index (χ1) is 13.6. The number of halogens is 2. The fraction of sp³-hybridized carbons (Fsp3) is 0.200. The van der Waals surface area contributed by atoms with Crippen molar-refractivity contribution in [2.24, 2.45) is 0 Å². The largest absolute Gasteiger partial charge is 0.493 e. The van der Waals surface area contributed by atoms with Gasteiger partial charge >= 0.3 is 0 Å². The Kier molecular flexibility index (Phi) is 6.21. The van der Waals surface area contributed by atoms with Gasteiger partial charge in [0.1, 0.15) is 17.5 Å². The normalized spacial score (nSPS) is 10.4. The molecule has 0 unspecified atom stereocenters. The Hall–Kier alpha value is -3.42. The van der Waals surface area contributed by atoms with Crippen LogP contribution in [0.15, 0.2) is 48.7 Å². The van der Waals surface area contributed by atoms with Crippen LogP contribution in [0.1, 0.15) is 5.56 Å². The maximum absolute atomic E-state index is 13.8. The summed E-state index contributed by atoms with van der Waals surface area (Å²) in [5, 5.41) is 5.93. The van der Waals surface area contributed by atoms with Gasteiger partial charge in [-0.3, -0.25) is 0 Å². The number of nitrogens with one attached hydrogen (secondary N) is 2.